The number of nitrogens with zero attached hydrogens (tertiary/aromatic N) is 1. The molecule has 1 aliphatic carbocycles. The summed E-state index contributed by atoms with van der Waals surface area (Å²) in [7, 11) is 0. The van der Waals surface area contributed by atoms with Gasteiger partial charge in [-0.25, -0.2) is 0 Å². The lowest BCUT2D eigenvalue weighted by molar-refractivity contribution is -0.117. The quantitative estimate of drug-likeness (QED) is 0.701. The second-order valence-electron chi connectivity index (χ2n) is 7.10. The Morgan fingerprint density at radius 2 is 2.00 bits per heavy atom. The molecule has 1 atom stereocenters. The fraction of sp³-hybridized carbons (Fsp3) is 0.579. The van der Waals surface area contributed by atoms with Crippen molar-refractivity contribution in [2.45, 2.75) is 38.1 Å². The van der Waals surface area contributed by atoms with E-state index in [9.17, 15) is 9.59 Å². The van der Waals surface area contributed by atoms with Crippen LogP contribution in [0.2, 0.25) is 0 Å². The molecule has 0 radical (unpaired) electrons. The van der Waals surface area contributed by atoms with Crippen LogP contribution in [0.4, 0.5) is 5.69 Å². The zero-order chi connectivity index (χ0) is 17.6. The third-order valence-electron chi connectivity index (χ3n) is 4.87. The van der Waals surface area contributed by atoms with Gasteiger partial charge in [-0.2, -0.15) is 0 Å². The summed E-state index contributed by atoms with van der Waals surface area (Å²) in [6.07, 6.45) is 5.03. The number of hydrogen-bond acceptors (Lipinski definition) is 4. The zero-order valence-corrected chi connectivity index (χ0v) is 14.5. The molecule has 136 valence electrons. The summed E-state index contributed by atoms with van der Waals surface area (Å²) in [6.45, 7) is 2.27. The Hall–Kier alpha value is -1.92. The highest BCUT2D eigenvalue weighted by atomic mass is 16.3. The molecule has 1 saturated heterocycles. The van der Waals surface area contributed by atoms with E-state index in [1.165, 1.54) is 0 Å². The number of para-hydroxylation sites is 1. The normalized spacial score (nSPS) is 20.9. The molecule has 25 heavy (non-hydrogen) atoms. The van der Waals surface area contributed by atoms with Crippen molar-refractivity contribution in [3.63, 3.8) is 0 Å². The third-order valence-corrected chi connectivity index (χ3v) is 4.87. The molecule has 1 aromatic rings. The standard InChI is InChI=1S/C19H27N3O3/c23-11-9-14-4-3-10-22(12-14)13-18(24)21-17-6-2-1-5-16(17)19(25)20-15-7-8-15/h1-2,5-6,14-15,23H,3-4,7-13H2,(H,20,25)(H,21,24). The van der Waals surface area contributed by atoms with Gasteiger partial charge in [0.15, 0.2) is 0 Å². The number of aliphatic hydroxyl groups is 1. The first-order valence-electron chi connectivity index (χ1n) is 9.18. The number of rotatable bonds is 7. The first kappa shape index (κ1) is 17.9. The Balaban J connectivity index is 1.56. The summed E-state index contributed by atoms with van der Waals surface area (Å²) < 4.78 is 0. The lowest BCUT2D eigenvalue weighted by Crippen LogP contribution is -2.40. The van der Waals surface area contributed by atoms with E-state index in [-0.39, 0.29) is 24.5 Å². The first-order chi connectivity index (χ1) is 12.2. The molecule has 0 bridgehead atoms. The Labute approximate surface area is 148 Å². The van der Waals surface area contributed by atoms with Gasteiger partial charge in [0.05, 0.1) is 17.8 Å². The number of carbonyl (C=O) groups is 2. The molecule has 1 aliphatic heterocycles. The van der Waals surface area contributed by atoms with E-state index in [2.05, 4.69) is 15.5 Å². The molecule has 0 spiro atoms. The smallest absolute Gasteiger partial charge is 0.253 e. The predicted octanol–water partition coefficient (Wildman–Crippen LogP) is 1.61. The number of benzene rings is 1. The molecular formula is C19H27N3O3. The van der Waals surface area contributed by atoms with Gasteiger partial charge in [-0.1, -0.05) is 12.1 Å². The van der Waals surface area contributed by atoms with E-state index in [0.29, 0.717) is 23.7 Å². The molecule has 2 aliphatic rings. The van der Waals surface area contributed by atoms with Crippen LogP contribution < -0.4 is 10.6 Å². The SMILES string of the molecule is O=C(CN1CCCC(CCO)C1)Nc1ccccc1C(=O)NC1CC1. The minimum atomic E-state index is -0.126. The van der Waals surface area contributed by atoms with Crippen LogP contribution in [0.5, 0.6) is 0 Å². The Morgan fingerprint density at radius 3 is 2.76 bits per heavy atom. The molecule has 2 amide bonds. The topological polar surface area (TPSA) is 81.7 Å². The average molecular weight is 345 g/mol. The van der Waals surface area contributed by atoms with E-state index in [0.717, 1.165) is 45.2 Å². The van der Waals surface area contributed by atoms with Gasteiger partial charge in [-0.05, 0) is 56.7 Å². The molecule has 3 rings (SSSR count). The average Bonchev–Trinajstić information content (AvgIpc) is 3.40. The molecule has 1 heterocycles. The number of piperidine rings is 1. The second kappa shape index (κ2) is 8.45. The van der Waals surface area contributed by atoms with E-state index < -0.39 is 0 Å². The van der Waals surface area contributed by atoms with Gasteiger partial charge in [0.2, 0.25) is 5.91 Å². The number of likely N-dealkylation sites (tertiary alicyclic amines) is 1. The molecule has 0 aromatic heterocycles. The maximum atomic E-state index is 12.4. The minimum absolute atomic E-state index is 0.101. The van der Waals surface area contributed by atoms with E-state index in [1.807, 2.05) is 12.1 Å². The van der Waals surface area contributed by atoms with Crippen molar-refractivity contribution in [1.82, 2.24) is 10.2 Å². The molecule has 6 nitrogen and oxygen atoms in total. The summed E-state index contributed by atoms with van der Waals surface area (Å²) >= 11 is 0. The lowest BCUT2D eigenvalue weighted by Gasteiger charge is -2.31. The van der Waals surface area contributed by atoms with Gasteiger partial charge in [-0.15, -0.1) is 0 Å². The Kier molecular flexibility index (Phi) is 6.04. The molecule has 1 saturated carbocycles. The van der Waals surface area contributed by atoms with Crippen LogP contribution in [-0.2, 0) is 4.79 Å². The van der Waals surface area contributed by atoms with Gasteiger partial charge < -0.3 is 15.7 Å². The monoisotopic (exact) mass is 345 g/mol. The van der Waals surface area contributed by atoms with Crippen LogP contribution in [0.15, 0.2) is 24.3 Å². The van der Waals surface area contributed by atoms with Crippen LogP contribution in [0, 0.1) is 5.92 Å². The predicted molar refractivity (Wildman–Crippen MR) is 96.4 cm³/mol. The van der Waals surface area contributed by atoms with Crippen LogP contribution in [-0.4, -0.2) is 54.1 Å². The van der Waals surface area contributed by atoms with E-state index in [1.54, 1.807) is 12.1 Å². The third kappa shape index (κ3) is 5.28. The Morgan fingerprint density at radius 1 is 1.20 bits per heavy atom. The fourth-order valence-electron chi connectivity index (χ4n) is 3.39. The maximum Gasteiger partial charge on any atom is 0.253 e. The fourth-order valence-corrected chi connectivity index (χ4v) is 3.39. The molecular weight excluding hydrogens is 318 g/mol. The number of amides is 2. The maximum absolute atomic E-state index is 12.4. The van der Waals surface area contributed by atoms with Gasteiger partial charge in [0, 0.05) is 19.2 Å². The highest BCUT2D eigenvalue weighted by molar-refractivity contribution is 6.04. The van der Waals surface area contributed by atoms with Gasteiger partial charge in [-0.3, -0.25) is 14.5 Å². The van der Waals surface area contributed by atoms with Crippen molar-refractivity contribution in [3.05, 3.63) is 29.8 Å². The van der Waals surface area contributed by atoms with Crippen LogP contribution in [0.3, 0.4) is 0 Å². The van der Waals surface area contributed by atoms with Crippen LogP contribution in [0.1, 0.15) is 42.5 Å². The van der Waals surface area contributed by atoms with Crippen LogP contribution >= 0.6 is 0 Å². The number of hydrogen-bond donors (Lipinski definition) is 3. The summed E-state index contributed by atoms with van der Waals surface area (Å²) in [5.74, 6) is 0.235. The van der Waals surface area contributed by atoms with Crippen molar-refractivity contribution in [2.24, 2.45) is 5.92 Å². The number of aliphatic hydroxyl groups excluding tert-OH is 1. The van der Waals surface area contributed by atoms with Gasteiger partial charge in [0.25, 0.3) is 5.91 Å². The van der Waals surface area contributed by atoms with Crippen molar-refractivity contribution < 1.29 is 14.7 Å². The molecule has 1 aromatic carbocycles. The molecule has 6 heteroatoms. The highest BCUT2D eigenvalue weighted by Gasteiger charge is 2.25. The summed E-state index contributed by atoms with van der Waals surface area (Å²) in [5.41, 5.74) is 1.08. The summed E-state index contributed by atoms with van der Waals surface area (Å²) in [6, 6.07) is 7.42. The van der Waals surface area contributed by atoms with Crippen molar-refractivity contribution in [3.8, 4) is 0 Å². The van der Waals surface area contributed by atoms with Crippen LogP contribution in [0.25, 0.3) is 0 Å². The van der Waals surface area contributed by atoms with Crippen molar-refractivity contribution in [2.75, 3.05) is 31.6 Å². The van der Waals surface area contributed by atoms with Gasteiger partial charge in [0.1, 0.15) is 0 Å². The van der Waals surface area contributed by atoms with Gasteiger partial charge >= 0.3 is 0 Å². The Bertz CT molecular complexity index is 614. The van der Waals surface area contributed by atoms with E-state index >= 15 is 0 Å². The first-order valence-corrected chi connectivity index (χ1v) is 9.18. The summed E-state index contributed by atoms with van der Waals surface area (Å²) in [5, 5.41) is 14.9. The zero-order valence-electron chi connectivity index (χ0n) is 14.5. The van der Waals surface area contributed by atoms with Crippen molar-refractivity contribution in [1.29, 1.82) is 0 Å². The van der Waals surface area contributed by atoms with E-state index in [4.69, 9.17) is 5.11 Å². The number of carbonyl (C=O) groups excluding carboxylic acids is 2. The summed E-state index contributed by atoms with van der Waals surface area (Å²) in [4.78, 5) is 26.9. The second-order valence-corrected chi connectivity index (χ2v) is 7.10. The lowest BCUT2D eigenvalue weighted by atomic mass is 9.95. The molecule has 2 fully saturated rings. The molecule has 3 N–H and O–H groups in total. The largest absolute Gasteiger partial charge is 0.396 e. The number of anilines is 1. The van der Waals surface area contributed by atoms with Crippen molar-refractivity contribution >= 4 is 17.5 Å². The number of nitrogens with one attached hydrogen (secondary N) is 2. The highest BCUT2D eigenvalue weighted by Crippen LogP contribution is 2.22. The molecule has 1 unspecified atom stereocenters. The minimum Gasteiger partial charge on any atom is -0.396 e.